The first kappa shape index (κ1) is 43.2. The molecular formula is C48H52O9S. The van der Waals surface area contributed by atoms with Gasteiger partial charge in [0.2, 0.25) is 0 Å². The molecule has 0 radical (unpaired) electrons. The fourth-order valence-corrected chi connectivity index (χ4v) is 6.76. The Labute approximate surface area is 345 Å². The number of thiophene rings is 1. The van der Waals surface area contributed by atoms with Gasteiger partial charge in [-0.3, -0.25) is 0 Å². The molecule has 1 heterocycles. The maximum Gasteiger partial charge on any atom is 0.0772 e. The van der Waals surface area contributed by atoms with Gasteiger partial charge in [0, 0.05) is 23.8 Å². The van der Waals surface area contributed by atoms with Crippen molar-refractivity contribution in [3.8, 4) is 23.7 Å². The summed E-state index contributed by atoms with van der Waals surface area (Å²) in [5, 5.41) is 9.29. The highest BCUT2D eigenvalue weighted by molar-refractivity contribution is 7.10. The van der Waals surface area contributed by atoms with Crippen LogP contribution in [0.4, 0.5) is 0 Å². The summed E-state index contributed by atoms with van der Waals surface area (Å²) in [6, 6.07) is 29.7. The number of hydrogen-bond donors (Lipinski definition) is 0. The molecule has 10 heteroatoms. The predicted molar refractivity (Wildman–Crippen MR) is 230 cm³/mol. The van der Waals surface area contributed by atoms with Crippen molar-refractivity contribution < 1.29 is 42.6 Å². The average Bonchev–Trinajstić information content (AvgIpc) is 3.79. The van der Waals surface area contributed by atoms with Gasteiger partial charge in [0.05, 0.1) is 117 Å². The number of benzene rings is 5. The summed E-state index contributed by atoms with van der Waals surface area (Å²) in [6.45, 7) is 8.94. The minimum absolute atomic E-state index is 0.505. The molecule has 6 rings (SSSR count). The minimum Gasteiger partial charge on any atom is -0.382 e. The zero-order chi connectivity index (χ0) is 39.9. The summed E-state index contributed by atoms with van der Waals surface area (Å²) in [6.07, 6.45) is 0. The van der Waals surface area contributed by atoms with Gasteiger partial charge in [-0.2, -0.15) is 0 Å². The van der Waals surface area contributed by atoms with E-state index in [4.69, 9.17) is 42.6 Å². The van der Waals surface area contributed by atoms with Gasteiger partial charge < -0.3 is 42.6 Å². The molecule has 0 saturated carbocycles. The SMILES string of the molecule is COCCOCCOCCOCCOCCOCCOCCOCCOCc1ccc(C#Cc2ccc3ccc4c(C#Cc5cccs5)ccc5ccc2c3c54)cc1. The van der Waals surface area contributed by atoms with Gasteiger partial charge in [-0.15, -0.1) is 11.3 Å². The molecule has 0 unspecified atom stereocenters. The molecule has 0 aliphatic heterocycles. The summed E-state index contributed by atoms with van der Waals surface area (Å²) >= 11 is 1.66. The Hall–Kier alpha value is -4.40. The van der Waals surface area contributed by atoms with Gasteiger partial charge in [-0.05, 0) is 73.6 Å². The Morgan fingerprint density at radius 2 is 0.845 bits per heavy atom. The van der Waals surface area contributed by atoms with Crippen molar-refractivity contribution in [2.24, 2.45) is 0 Å². The fraction of sp³-hybridized carbons (Fsp3) is 0.375. The molecule has 0 fully saturated rings. The molecule has 5 aromatic carbocycles. The normalized spacial score (nSPS) is 11.3. The highest BCUT2D eigenvalue weighted by atomic mass is 32.1. The highest BCUT2D eigenvalue weighted by Gasteiger charge is 2.12. The number of ether oxygens (including phenoxy) is 9. The van der Waals surface area contributed by atoms with Gasteiger partial charge >= 0.3 is 0 Å². The molecule has 58 heavy (non-hydrogen) atoms. The number of rotatable bonds is 26. The molecule has 1 aromatic heterocycles. The Balaban J connectivity index is 0.805. The number of methoxy groups -OCH3 is 1. The van der Waals surface area contributed by atoms with Crippen molar-refractivity contribution in [1.29, 1.82) is 0 Å². The van der Waals surface area contributed by atoms with Crippen LogP contribution < -0.4 is 0 Å². The standard InChI is InChI=1S/C48H52O9S/c1-49-20-21-50-22-23-51-24-25-52-26-27-53-28-29-54-30-31-55-32-33-56-34-35-57-37-39-6-4-38(5-7-39)8-9-40-10-12-42-16-19-46-41(14-17-44-3-2-36-58-44)11-13-43-15-18-45(40)47(42)48(43)46/h2-7,10-13,15-16,18-19,36H,20-35,37H2,1H3. The molecule has 0 amide bonds. The van der Waals surface area contributed by atoms with Crippen LogP contribution in [0.2, 0.25) is 0 Å². The van der Waals surface area contributed by atoms with Gasteiger partial charge in [0.25, 0.3) is 0 Å². The van der Waals surface area contributed by atoms with Crippen LogP contribution in [0.15, 0.2) is 90.3 Å². The van der Waals surface area contributed by atoms with Crippen molar-refractivity contribution in [3.63, 3.8) is 0 Å². The van der Waals surface area contributed by atoms with E-state index in [1.165, 1.54) is 26.9 Å². The van der Waals surface area contributed by atoms with E-state index in [1.54, 1.807) is 18.4 Å². The van der Waals surface area contributed by atoms with Gasteiger partial charge in [0.15, 0.2) is 0 Å². The zero-order valence-corrected chi connectivity index (χ0v) is 34.1. The van der Waals surface area contributed by atoms with Crippen LogP contribution in [0, 0.1) is 23.7 Å². The second-order valence-electron chi connectivity index (χ2n) is 13.2. The average molecular weight is 805 g/mol. The second-order valence-corrected chi connectivity index (χ2v) is 14.1. The van der Waals surface area contributed by atoms with E-state index in [9.17, 15) is 0 Å². The van der Waals surface area contributed by atoms with Crippen LogP contribution >= 0.6 is 11.3 Å². The molecule has 0 spiro atoms. The summed E-state index contributed by atoms with van der Waals surface area (Å²) in [4.78, 5) is 1.07. The summed E-state index contributed by atoms with van der Waals surface area (Å²) < 4.78 is 49.2. The lowest BCUT2D eigenvalue weighted by Gasteiger charge is -2.13. The van der Waals surface area contributed by atoms with E-state index in [1.807, 2.05) is 18.2 Å². The molecule has 0 saturated heterocycles. The van der Waals surface area contributed by atoms with Crippen molar-refractivity contribution in [3.05, 3.63) is 117 Å². The fourth-order valence-electron chi connectivity index (χ4n) is 6.19. The molecule has 0 N–H and O–H groups in total. The van der Waals surface area contributed by atoms with Crippen LogP contribution in [0.5, 0.6) is 0 Å². The van der Waals surface area contributed by atoms with Crippen LogP contribution in [0.25, 0.3) is 32.3 Å². The maximum atomic E-state index is 5.82. The lowest BCUT2D eigenvalue weighted by molar-refractivity contribution is -0.0246. The Kier molecular flexibility index (Phi) is 18.7. The molecule has 9 nitrogen and oxygen atoms in total. The third kappa shape index (κ3) is 13.9. The second kappa shape index (κ2) is 25.2. The Morgan fingerprint density at radius 1 is 0.414 bits per heavy atom. The predicted octanol–water partition coefficient (Wildman–Crippen LogP) is 7.72. The van der Waals surface area contributed by atoms with Crippen LogP contribution in [-0.2, 0) is 49.2 Å². The van der Waals surface area contributed by atoms with Gasteiger partial charge in [-0.25, -0.2) is 0 Å². The molecule has 0 aliphatic carbocycles. The molecular weight excluding hydrogens is 753 g/mol. The van der Waals surface area contributed by atoms with E-state index < -0.39 is 0 Å². The van der Waals surface area contributed by atoms with E-state index in [2.05, 4.69) is 95.8 Å². The monoisotopic (exact) mass is 804 g/mol. The van der Waals surface area contributed by atoms with Gasteiger partial charge in [0.1, 0.15) is 0 Å². The molecule has 0 atom stereocenters. The zero-order valence-electron chi connectivity index (χ0n) is 33.3. The maximum absolute atomic E-state index is 5.82. The third-order valence-electron chi connectivity index (χ3n) is 9.11. The smallest absolute Gasteiger partial charge is 0.0772 e. The van der Waals surface area contributed by atoms with Crippen LogP contribution in [0.3, 0.4) is 0 Å². The topological polar surface area (TPSA) is 83.1 Å². The molecule has 0 bridgehead atoms. The first-order valence-corrected chi connectivity index (χ1v) is 20.7. The lowest BCUT2D eigenvalue weighted by atomic mass is 9.90. The molecule has 304 valence electrons. The van der Waals surface area contributed by atoms with Gasteiger partial charge in [-0.1, -0.05) is 78.3 Å². The molecule has 6 aromatic rings. The van der Waals surface area contributed by atoms with E-state index in [0.29, 0.717) is 112 Å². The van der Waals surface area contributed by atoms with Crippen LogP contribution in [-0.4, -0.2) is 113 Å². The highest BCUT2D eigenvalue weighted by Crippen LogP contribution is 2.37. The largest absolute Gasteiger partial charge is 0.382 e. The quantitative estimate of drug-likeness (QED) is 0.0311. The first-order chi connectivity index (χ1) is 28.8. The van der Waals surface area contributed by atoms with E-state index >= 15 is 0 Å². The lowest BCUT2D eigenvalue weighted by Crippen LogP contribution is -2.15. The Bertz CT molecular complexity index is 2200. The first-order valence-electron chi connectivity index (χ1n) is 19.8. The Morgan fingerprint density at radius 3 is 1.29 bits per heavy atom. The van der Waals surface area contributed by atoms with Crippen molar-refractivity contribution in [2.75, 3.05) is 113 Å². The molecule has 0 aliphatic rings. The van der Waals surface area contributed by atoms with Crippen LogP contribution in [0.1, 0.15) is 27.1 Å². The summed E-state index contributed by atoms with van der Waals surface area (Å²) in [5.41, 5.74) is 4.10. The summed E-state index contributed by atoms with van der Waals surface area (Å²) in [7, 11) is 1.65. The van der Waals surface area contributed by atoms with Crippen molar-refractivity contribution >= 4 is 43.7 Å². The van der Waals surface area contributed by atoms with Crippen molar-refractivity contribution in [1.82, 2.24) is 0 Å². The number of hydrogen-bond acceptors (Lipinski definition) is 10. The van der Waals surface area contributed by atoms with E-state index in [-0.39, 0.29) is 0 Å². The summed E-state index contributed by atoms with van der Waals surface area (Å²) in [5.74, 6) is 13.6. The van der Waals surface area contributed by atoms with E-state index in [0.717, 1.165) is 32.5 Å². The minimum atomic E-state index is 0.505. The third-order valence-corrected chi connectivity index (χ3v) is 9.89. The van der Waals surface area contributed by atoms with Crippen molar-refractivity contribution in [2.45, 2.75) is 6.61 Å².